The second-order valence-corrected chi connectivity index (χ2v) is 8.65. The Kier molecular flexibility index (Phi) is 4.08. The molecule has 4 rings (SSSR count). The van der Waals surface area contributed by atoms with Crippen LogP contribution < -0.4 is 5.32 Å². The maximum atomic E-state index is 13.2. The zero-order chi connectivity index (χ0) is 19.5. The molecule has 1 unspecified atom stereocenters. The molecule has 27 heavy (non-hydrogen) atoms. The number of hydrogen-bond acceptors (Lipinski definition) is 5. The first kappa shape index (κ1) is 18.1. The highest BCUT2D eigenvalue weighted by molar-refractivity contribution is 8.00. The van der Waals surface area contributed by atoms with Crippen LogP contribution in [0.5, 0.6) is 0 Å². The highest BCUT2D eigenvalue weighted by atomic mass is 32.2. The molecule has 3 atom stereocenters. The number of aliphatic carboxylic acids is 1. The molecule has 1 aromatic rings. The average molecular weight is 387 g/mol. The van der Waals surface area contributed by atoms with E-state index in [0.717, 1.165) is 5.56 Å². The van der Waals surface area contributed by atoms with Gasteiger partial charge in [-0.05, 0) is 31.9 Å². The van der Waals surface area contributed by atoms with Gasteiger partial charge in [-0.15, -0.1) is 11.8 Å². The van der Waals surface area contributed by atoms with Crippen molar-refractivity contribution < 1.29 is 19.5 Å². The first-order valence-corrected chi connectivity index (χ1v) is 9.82. The van der Waals surface area contributed by atoms with E-state index in [0.29, 0.717) is 11.3 Å². The summed E-state index contributed by atoms with van der Waals surface area (Å²) in [5.41, 5.74) is 0.851. The van der Waals surface area contributed by atoms with Gasteiger partial charge in [0.2, 0.25) is 5.91 Å². The minimum atomic E-state index is -1.10. The third-order valence-electron chi connectivity index (χ3n) is 5.33. The molecule has 0 aliphatic carbocycles. The standard InChI is InChI=1S/C19H21N3O4S/c1-10-9-27-17-14(16(24)21(17)13(10)18(25)26)22-15(23)12(20-19(22,2)3)11-7-5-4-6-8-11/h4-8,12,14,17,20H,9H2,1-3H3,(H,25,26)/t12?,14-,17+/m1/s1. The van der Waals surface area contributed by atoms with Gasteiger partial charge in [-0.3, -0.25) is 19.8 Å². The molecular weight excluding hydrogens is 366 g/mol. The molecule has 1 aromatic carbocycles. The van der Waals surface area contributed by atoms with Crippen molar-refractivity contribution in [1.29, 1.82) is 0 Å². The second kappa shape index (κ2) is 6.10. The van der Waals surface area contributed by atoms with Crippen LogP contribution in [0.4, 0.5) is 0 Å². The van der Waals surface area contributed by atoms with Gasteiger partial charge >= 0.3 is 5.97 Å². The molecule has 8 heteroatoms. The van der Waals surface area contributed by atoms with Gasteiger partial charge in [0.15, 0.2) is 0 Å². The van der Waals surface area contributed by atoms with Crippen molar-refractivity contribution in [1.82, 2.24) is 15.1 Å². The van der Waals surface area contributed by atoms with Gasteiger partial charge in [-0.25, -0.2) is 4.79 Å². The number of carboxylic acid groups (broad SMARTS) is 1. The molecule has 2 fully saturated rings. The van der Waals surface area contributed by atoms with Crippen LogP contribution in [-0.4, -0.2) is 55.5 Å². The topological polar surface area (TPSA) is 90.0 Å². The molecule has 142 valence electrons. The molecule has 2 amide bonds. The van der Waals surface area contributed by atoms with Gasteiger partial charge in [-0.1, -0.05) is 30.3 Å². The predicted molar refractivity (Wildman–Crippen MR) is 100 cm³/mol. The summed E-state index contributed by atoms with van der Waals surface area (Å²) in [7, 11) is 0. The molecule has 0 aromatic heterocycles. The molecule has 0 radical (unpaired) electrons. The Balaban J connectivity index is 1.66. The molecule has 0 saturated carbocycles. The van der Waals surface area contributed by atoms with E-state index in [4.69, 9.17) is 0 Å². The molecule has 0 bridgehead atoms. The number of carbonyl (C=O) groups excluding carboxylic acids is 2. The third kappa shape index (κ3) is 2.58. The Morgan fingerprint density at radius 2 is 1.89 bits per heavy atom. The Morgan fingerprint density at radius 3 is 2.52 bits per heavy atom. The first-order chi connectivity index (χ1) is 12.7. The zero-order valence-electron chi connectivity index (χ0n) is 15.3. The quantitative estimate of drug-likeness (QED) is 0.765. The fourth-order valence-corrected chi connectivity index (χ4v) is 5.45. The number of amides is 2. The summed E-state index contributed by atoms with van der Waals surface area (Å²) in [6.07, 6.45) is 0. The summed E-state index contributed by atoms with van der Waals surface area (Å²) in [4.78, 5) is 40.7. The number of nitrogens with zero attached hydrogens (tertiary/aromatic N) is 2. The molecule has 3 aliphatic heterocycles. The van der Waals surface area contributed by atoms with Crippen molar-refractivity contribution in [3.8, 4) is 0 Å². The van der Waals surface area contributed by atoms with Crippen LogP contribution in [0.25, 0.3) is 0 Å². The van der Waals surface area contributed by atoms with Crippen molar-refractivity contribution in [3.63, 3.8) is 0 Å². The van der Waals surface area contributed by atoms with Crippen molar-refractivity contribution in [2.24, 2.45) is 0 Å². The van der Waals surface area contributed by atoms with Gasteiger partial charge in [0.25, 0.3) is 5.91 Å². The lowest BCUT2D eigenvalue weighted by Gasteiger charge is -2.54. The number of thioether (sulfide) groups is 1. The Hall–Kier alpha value is -2.32. The van der Waals surface area contributed by atoms with Crippen LogP contribution in [-0.2, 0) is 14.4 Å². The van der Waals surface area contributed by atoms with Gasteiger partial charge in [0.1, 0.15) is 23.2 Å². The van der Waals surface area contributed by atoms with Crippen molar-refractivity contribution in [3.05, 3.63) is 47.2 Å². The zero-order valence-corrected chi connectivity index (χ0v) is 16.1. The van der Waals surface area contributed by atoms with E-state index in [-0.39, 0.29) is 22.9 Å². The van der Waals surface area contributed by atoms with Gasteiger partial charge < -0.3 is 10.0 Å². The first-order valence-electron chi connectivity index (χ1n) is 8.77. The smallest absolute Gasteiger partial charge is 0.352 e. The average Bonchev–Trinajstić information content (AvgIpc) is 2.86. The Bertz CT molecular complexity index is 867. The van der Waals surface area contributed by atoms with Gasteiger partial charge in [0, 0.05) is 5.75 Å². The SMILES string of the molecule is CC1=C(C(=O)O)N2C(=O)[C@@H](N3C(=O)C(c4ccccc4)NC3(C)C)[C@@H]2SC1. The molecule has 3 aliphatic rings. The van der Waals surface area contributed by atoms with E-state index in [1.165, 1.54) is 16.7 Å². The number of benzene rings is 1. The molecular formula is C19H21N3O4S. The summed E-state index contributed by atoms with van der Waals surface area (Å²) in [5, 5.41) is 12.4. The van der Waals surface area contributed by atoms with E-state index in [2.05, 4.69) is 5.32 Å². The molecule has 0 spiro atoms. The second-order valence-electron chi connectivity index (χ2n) is 7.54. The lowest BCUT2D eigenvalue weighted by atomic mass is 9.99. The Labute approximate surface area is 161 Å². The van der Waals surface area contributed by atoms with Crippen LogP contribution in [0.15, 0.2) is 41.6 Å². The van der Waals surface area contributed by atoms with Crippen LogP contribution in [0, 0.1) is 0 Å². The number of β-lactam (4-membered cyclic amide) rings is 1. The number of fused-ring (bicyclic) bond motifs is 1. The van der Waals surface area contributed by atoms with E-state index < -0.39 is 23.7 Å². The highest BCUT2D eigenvalue weighted by Gasteiger charge is 2.61. The van der Waals surface area contributed by atoms with E-state index in [9.17, 15) is 19.5 Å². The number of carbonyl (C=O) groups is 3. The van der Waals surface area contributed by atoms with E-state index >= 15 is 0 Å². The van der Waals surface area contributed by atoms with Crippen LogP contribution >= 0.6 is 11.8 Å². The number of rotatable bonds is 3. The number of nitrogens with one attached hydrogen (secondary N) is 1. The fraction of sp³-hybridized carbons (Fsp3) is 0.421. The van der Waals surface area contributed by atoms with Crippen molar-refractivity contribution >= 4 is 29.5 Å². The maximum absolute atomic E-state index is 13.2. The van der Waals surface area contributed by atoms with Crippen molar-refractivity contribution in [2.75, 3.05) is 5.75 Å². The molecule has 3 heterocycles. The lowest BCUT2D eigenvalue weighted by molar-refractivity contribution is -0.162. The number of carboxylic acids is 1. The van der Waals surface area contributed by atoms with E-state index in [1.54, 1.807) is 11.8 Å². The Morgan fingerprint density at radius 1 is 1.22 bits per heavy atom. The van der Waals surface area contributed by atoms with Crippen LogP contribution in [0.1, 0.15) is 32.4 Å². The monoisotopic (exact) mass is 387 g/mol. The predicted octanol–water partition coefficient (Wildman–Crippen LogP) is 1.54. The molecule has 2 saturated heterocycles. The number of hydrogen-bond donors (Lipinski definition) is 2. The van der Waals surface area contributed by atoms with Gasteiger partial charge in [0.05, 0.1) is 5.66 Å². The minimum Gasteiger partial charge on any atom is -0.477 e. The maximum Gasteiger partial charge on any atom is 0.352 e. The molecule has 7 nitrogen and oxygen atoms in total. The third-order valence-corrected chi connectivity index (χ3v) is 6.74. The van der Waals surface area contributed by atoms with Crippen LogP contribution in [0.2, 0.25) is 0 Å². The fourth-order valence-electron chi connectivity index (χ4n) is 4.12. The highest BCUT2D eigenvalue weighted by Crippen LogP contribution is 2.46. The largest absolute Gasteiger partial charge is 0.477 e. The minimum absolute atomic E-state index is 0.0528. The lowest BCUT2D eigenvalue weighted by Crippen LogP contribution is -2.73. The summed E-state index contributed by atoms with van der Waals surface area (Å²) >= 11 is 1.50. The van der Waals surface area contributed by atoms with Crippen molar-refractivity contribution in [2.45, 2.75) is 43.9 Å². The summed E-state index contributed by atoms with van der Waals surface area (Å²) in [5.74, 6) is -1.06. The molecule has 2 N–H and O–H groups in total. The van der Waals surface area contributed by atoms with E-state index in [1.807, 2.05) is 44.2 Å². The summed E-state index contributed by atoms with van der Waals surface area (Å²) in [6.45, 7) is 5.47. The summed E-state index contributed by atoms with van der Waals surface area (Å²) in [6, 6.07) is 8.22. The normalized spacial score (nSPS) is 29.7. The van der Waals surface area contributed by atoms with Crippen LogP contribution in [0.3, 0.4) is 0 Å². The van der Waals surface area contributed by atoms with Gasteiger partial charge in [-0.2, -0.15) is 0 Å². The summed E-state index contributed by atoms with van der Waals surface area (Å²) < 4.78 is 0.